The molecule has 6 rings (SSSR count). The van der Waals surface area contributed by atoms with Crippen LogP contribution in [0.5, 0.6) is 16.7 Å². The van der Waals surface area contributed by atoms with Crippen LogP contribution in [0.3, 0.4) is 0 Å². The van der Waals surface area contributed by atoms with Crippen molar-refractivity contribution >= 4 is 45.5 Å². The van der Waals surface area contributed by atoms with Gasteiger partial charge >= 0.3 is 6.09 Å². The number of nitrogens with zero attached hydrogens (tertiary/aromatic N) is 5. The van der Waals surface area contributed by atoms with Crippen molar-refractivity contribution in [1.82, 2.24) is 24.8 Å². The fourth-order valence-electron chi connectivity index (χ4n) is 4.68. The van der Waals surface area contributed by atoms with Crippen molar-refractivity contribution in [1.29, 1.82) is 0 Å². The summed E-state index contributed by atoms with van der Waals surface area (Å²) < 4.78 is 32.2. The van der Waals surface area contributed by atoms with Crippen LogP contribution in [0.4, 0.5) is 26.4 Å². The molecule has 45 heavy (non-hydrogen) atoms. The van der Waals surface area contributed by atoms with Crippen molar-refractivity contribution in [3.05, 3.63) is 71.9 Å². The van der Waals surface area contributed by atoms with E-state index in [4.69, 9.17) is 14.2 Å². The zero-order valence-corrected chi connectivity index (χ0v) is 26.2. The van der Waals surface area contributed by atoms with Gasteiger partial charge in [0.25, 0.3) is 5.19 Å². The molecule has 1 saturated heterocycles. The summed E-state index contributed by atoms with van der Waals surface area (Å²) >= 11 is 1.32. The quantitative estimate of drug-likeness (QED) is 0.183. The number of benzene rings is 2. The highest BCUT2D eigenvalue weighted by molar-refractivity contribution is 7.11. The molecule has 3 aromatic heterocycles. The standard InChI is InChI=1S/C32H32FN7O4S/c1-18-6-7-19(13-34-18)27-16-45-30(39-27)43-21-8-9-24(23(33)10-21)38-29-22-11-26(28(42-5)12-25(22)35-17-36-29)37-20-14-40(15-20)31(41)44-32(2,3)4/h6-13,16-17,20,37H,14-15H2,1-5H3,(H,35,36,38). The van der Waals surface area contributed by atoms with Crippen LogP contribution in [0.1, 0.15) is 26.5 Å². The summed E-state index contributed by atoms with van der Waals surface area (Å²) in [5.41, 5.74) is 3.50. The number of pyridine rings is 1. The van der Waals surface area contributed by atoms with E-state index >= 15 is 4.39 Å². The number of carbonyl (C=O) groups is 1. The topological polar surface area (TPSA) is 124 Å². The number of aryl methyl sites for hydroxylation is 1. The van der Waals surface area contributed by atoms with E-state index < -0.39 is 11.4 Å². The lowest BCUT2D eigenvalue weighted by atomic mass is 10.1. The first-order chi connectivity index (χ1) is 21.5. The lowest BCUT2D eigenvalue weighted by molar-refractivity contribution is 0.0105. The van der Waals surface area contributed by atoms with Crippen molar-refractivity contribution in [3.8, 4) is 28.0 Å². The van der Waals surface area contributed by atoms with Gasteiger partial charge in [0, 0.05) is 53.4 Å². The van der Waals surface area contributed by atoms with E-state index in [1.54, 1.807) is 36.4 Å². The Kier molecular flexibility index (Phi) is 8.11. The molecule has 11 nitrogen and oxygen atoms in total. The molecule has 1 aliphatic heterocycles. The average molecular weight is 630 g/mol. The van der Waals surface area contributed by atoms with Crippen LogP contribution < -0.4 is 20.1 Å². The number of carbonyl (C=O) groups excluding carboxylic acids is 1. The lowest BCUT2D eigenvalue weighted by Crippen LogP contribution is -2.57. The second-order valence-electron chi connectivity index (χ2n) is 11.6. The number of aromatic nitrogens is 4. The minimum absolute atomic E-state index is 0.00244. The van der Waals surface area contributed by atoms with E-state index in [-0.39, 0.29) is 17.8 Å². The van der Waals surface area contributed by atoms with Gasteiger partial charge in [-0.25, -0.2) is 24.1 Å². The Balaban J connectivity index is 1.16. The summed E-state index contributed by atoms with van der Waals surface area (Å²) in [7, 11) is 1.58. The second-order valence-corrected chi connectivity index (χ2v) is 12.4. The number of amides is 1. The summed E-state index contributed by atoms with van der Waals surface area (Å²) in [6, 6.07) is 12.0. The van der Waals surface area contributed by atoms with E-state index in [9.17, 15) is 4.79 Å². The van der Waals surface area contributed by atoms with Crippen LogP contribution in [0, 0.1) is 12.7 Å². The molecule has 1 fully saturated rings. The van der Waals surface area contributed by atoms with Gasteiger partial charge in [-0.3, -0.25) is 4.98 Å². The summed E-state index contributed by atoms with van der Waals surface area (Å²) in [4.78, 5) is 31.5. The van der Waals surface area contributed by atoms with Crippen molar-refractivity contribution in [2.24, 2.45) is 0 Å². The van der Waals surface area contributed by atoms with Gasteiger partial charge in [-0.05, 0) is 58.0 Å². The molecular weight excluding hydrogens is 597 g/mol. The third-order valence-electron chi connectivity index (χ3n) is 6.94. The Labute approximate surface area is 263 Å². The Morgan fingerprint density at radius 3 is 2.60 bits per heavy atom. The number of hydrogen-bond acceptors (Lipinski definition) is 11. The van der Waals surface area contributed by atoms with Crippen LogP contribution in [0.2, 0.25) is 0 Å². The highest BCUT2D eigenvalue weighted by atomic mass is 32.1. The van der Waals surface area contributed by atoms with Gasteiger partial charge in [-0.2, -0.15) is 0 Å². The van der Waals surface area contributed by atoms with Gasteiger partial charge in [-0.1, -0.05) is 11.3 Å². The molecule has 0 unspecified atom stereocenters. The average Bonchev–Trinajstić information content (AvgIpc) is 3.43. The minimum Gasteiger partial charge on any atom is -0.495 e. The van der Waals surface area contributed by atoms with Gasteiger partial charge in [0.05, 0.1) is 35.7 Å². The van der Waals surface area contributed by atoms with Gasteiger partial charge in [-0.15, -0.1) is 0 Å². The zero-order valence-electron chi connectivity index (χ0n) is 25.4. The normalized spacial score (nSPS) is 13.3. The van der Waals surface area contributed by atoms with E-state index in [0.29, 0.717) is 52.2 Å². The van der Waals surface area contributed by atoms with Gasteiger partial charge in [0.1, 0.15) is 35.1 Å². The van der Waals surface area contributed by atoms with Crippen molar-refractivity contribution in [2.75, 3.05) is 30.8 Å². The number of thiazole rings is 1. The van der Waals surface area contributed by atoms with Crippen molar-refractivity contribution in [2.45, 2.75) is 39.3 Å². The van der Waals surface area contributed by atoms with Crippen LogP contribution in [0.15, 0.2) is 60.4 Å². The third kappa shape index (κ3) is 6.88. The monoisotopic (exact) mass is 629 g/mol. The zero-order chi connectivity index (χ0) is 31.7. The van der Waals surface area contributed by atoms with Gasteiger partial charge in [0.2, 0.25) is 0 Å². The Morgan fingerprint density at radius 1 is 1.07 bits per heavy atom. The first kappa shape index (κ1) is 30.0. The first-order valence-corrected chi connectivity index (χ1v) is 15.1. The first-order valence-electron chi connectivity index (χ1n) is 14.2. The number of anilines is 3. The highest BCUT2D eigenvalue weighted by Gasteiger charge is 2.34. The molecule has 232 valence electrons. The largest absolute Gasteiger partial charge is 0.495 e. The molecular formula is C32H32FN7O4S. The van der Waals surface area contributed by atoms with Gasteiger partial charge < -0.3 is 29.7 Å². The molecule has 2 N–H and O–H groups in total. The number of halogens is 1. The van der Waals surface area contributed by atoms with Crippen molar-refractivity contribution < 1.29 is 23.4 Å². The molecule has 1 aliphatic rings. The summed E-state index contributed by atoms with van der Waals surface area (Å²) in [5.74, 6) is 0.783. The fourth-order valence-corrected chi connectivity index (χ4v) is 5.37. The summed E-state index contributed by atoms with van der Waals surface area (Å²) in [6.45, 7) is 8.40. The second kappa shape index (κ2) is 12.2. The number of methoxy groups -OCH3 is 1. The molecule has 0 spiro atoms. The smallest absolute Gasteiger partial charge is 0.410 e. The minimum atomic E-state index is -0.557. The number of rotatable bonds is 8. The van der Waals surface area contributed by atoms with E-state index in [1.165, 1.54) is 23.7 Å². The fraction of sp³-hybridized carbons (Fsp3) is 0.281. The Hall–Kier alpha value is -5.04. The molecule has 2 aromatic carbocycles. The number of hydrogen-bond donors (Lipinski definition) is 2. The van der Waals surface area contributed by atoms with Crippen LogP contribution in [-0.2, 0) is 4.74 Å². The Bertz CT molecular complexity index is 1850. The molecule has 0 bridgehead atoms. The van der Waals surface area contributed by atoms with E-state index in [0.717, 1.165) is 17.0 Å². The maximum Gasteiger partial charge on any atom is 0.410 e. The predicted molar refractivity (Wildman–Crippen MR) is 171 cm³/mol. The maximum atomic E-state index is 15.3. The Morgan fingerprint density at radius 2 is 1.89 bits per heavy atom. The van der Waals surface area contributed by atoms with E-state index in [2.05, 4.69) is 30.6 Å². The highest BCUT2D eigenvalue weighted by Crippen LogP contribution is 2.36. The van der Waals surface area contributed by atoms with Crippen LogP contribution in [0.25, 0.3) is 22.2 Å². The molecule has 4 heterocycles. The molecule has 5 aromatic rings. The van der Waals surface area contributed by atoms with Crippen LogP contribution >= 0.6 is 11.3 Å². The summed E-state index contributed by atoms with van der Waals surface area (Å²) in [6.07, 6.45) is 2.81. The molecule has 0 saturated carbocycles. The maximum absolute atomic E-state index is 15.3. The van der Waals surface area contributed by atoms with E-state index in [1.807, 2.05) is 51.3 Å². The molecule has 13 heteroatoms. The SMILES string of the molecule is COc1cc2ncnc(Nc3ccc(Oc4nc(-c5ccc(C)nc5)cs4)cc3F)c2cc1NC1CN(C(=O)OC(C)(C)C)C1. The number of nitrogens with one attached hydrogen (secondary N) is 2. The summed E-state index contributed by atoms with van der Waals surface area (Å²) in [5, 5.41) is 9.43. The number of ether oxygens (including phenoxy) is 3. The lowest BCUT2D eigenvalue weighted by Gasteiger charge is -2.40. The number of likely N-dealkylation sites (tertiary alicyclic amines) is 1. The molecule has 0 radical (unpaired) electrons. The number of fused-ring (bicyclic) bond motifs is 1. The molecule has 0 aliphatic carbocycles. The predicted octanol–water partition coefficient (Wildman–Crippen LogP) is 7.17. The van der Waals surface area contributed by atoms with Gasteiger partial charge in [0.15, 0.2) is 0 Å². The third-order valence-corrected chi connectivity index (χ3v) is 7.66. The van der Waals surface area contributed by atoms with Crippen LogP contribution in [-0.4, -0.2) is 62.8 Å². The molecule has 1 amide bonds. The van der Waals surface area contributed by atoms with Crippen molar-refractivity contribution in [3.63, 3.8) is 0 Å². The molecule has 0 atom stereocenters.